The Hall–Kier alpha value is -2.30. The summed E-state index contributed by atoms with van der Waals surface area (Å²) in [5, 5.41) is 0. The number of para-hydroxylation sites is 1. The zero-order valence-electron chi connectivity index (χ0n) is 12.8. The molecule has 0 saturated heterocycles. The highest BCUT2D eigenvalue weighted by atomic mass is 19.4. The monoisotopic (exact) mass is 318 g/mol. The molecule has 2 heterocycles. The van der Waals surface area contributed by atoms with E-state index in [0.717, 1.165) is 35.9 Å². The Bertz CT molecular complexity index is 735. The summed E-state index contributed by atoms with van der Waals surface area (Å²) in [4.78, 5) is 6.18. The molecule has 0 aliphatic carbocycles. The van der Waals surface area contributed by atoms with Gasteiger partial charge in [0.25, 0.3) is 0 Å². The second-order valence-corrected chi connectivity index (χ2v) is 5.56. The fraction of sp³-hybridized carbons (Fsp3) is 0.278. The van der Waals surface area contributed by atoms with Crippen molar-refractivity contribution >= 4 is 11.8 Å². The maximum Gasteiger partial charge on any atom is 0.418 e. The second kappa shape index (κ2) is 6.07. The van der Waals surface area contributed by atoms with Gasteiger partial charge in [0.1, 0.15) is 0 Å². The molecule has 0 unspecified atom stereocenters. The quantitative estimate of drug-likeness (QED) is 0.788. The van der Waals surface area contributed by atoms with Crippen molar-refractivity contribution in [2.75, 3.05) is 4.90 Å². The van der Waals surface area contributed by atoms with Crippen LogP contribution in [0.15, 0.2) is 42.6 Å². The van der Waals surface area contributed by atoms with Gasteiger partial charge in [0.2, 0.25) is 0 Å². The first kappa shape index (κ1) is 15.6. The third kappa shape index (κ3) is 3.23. The lowest BCUT2D eigenvalue weighted by atomic mass is 10.1. The molecular formula is C18H17F3N2. The van der Waals surface area contributed by atoms with Crippen molar-refractivity contribution in [2.45, 2.75) is 32.5 Å². The Morgan fingerprint density at radius 3 is 2.65 bits per heavy atom. The average molecular weight is 318 g/mol. The van der Waals surface area contributed by atoms with Crippen molar-refractivity contribution in [1.82, 2.24) is 4.98 Å². The van der Waals surface area contributed by atoms with Crippen LogP contribution in [0.5, 0.6) is 0 Å². The van der Waals surface area contributed by atoms with E-state index in [0.29, 0.717) is 6.54 Å². The molecule has 0 amide bonds. The van der Waals surface area contributed by atoms with Crippen LogP contribution < -0.4 is 4.90 Å². The molecule has 120 valence electrons. The molecule has 0 bridgehead atoms. The van der Waals surface area contributed by atoms with Gasteiger partial charge in [-0.05, 0) is 36.3 Å². The number of nitrogens with zero attached hydrogens (tertiary/aromatic N) is 2. The summed E-state index contributed by atoms with van der Waals surface area (Å²) in [5.74, 6) is 0. The lowest BCUT2D eigenvalue weighted by Gasteiger charge is -2.27. The van der Waals surface area contributed by atoms with Gasteiger partial charge in [-0.15, -0.1) is 0 Å². The molecule has 0 N–H and O–H groups in total. The molecule has 1 aliphatic heterocycles. The minimum atomic E-state index is -4.37. The van der Waals surface area contributed by atoms with E-state index in [1.807, 2.05) is 12.1 Å². The van der Waals surface area contributed by atoms with E-state index in [2.05, 4.69) is 11.9 Å². The highest BCUT2D eigenvalue weighted by Gasteiger charge is 2.34. The minimum Gasteiger partial charge on any atom is -0.343 e. The van der Waals surface area contributed by atoms with Crippen molar-refractivity contribution in [1.29, 1.82) is 0 Å². The Balaban J connectivity index is 1.93. The number of benzene rings is 1. The van der Waals surface area contributed by atoms with Crippen LogP contribution in [-0.4, -0.2) is 4.98 Å². The van der Waals surface area contributed by atoms with Gasteiger partial charge >= 0.3 is 6.18 Å². The first-order valence-corrected chi connectivity index (χ1v) is 7.59. The molecular weight excluding hydrogens is 301 g/mol. The molecule has 2 nitrogen and oxygen atoms in total. The topological polar surface area (TPSA) is 16.1 Å². The van der Waals surface area contributed by atoms with Crippen LogP contribution in [0.1, 0.15) is 35.9 Å². The molecule has 3 rings (SSSR count). The average Bonchev–Trinajstić information content (AvgIpc) is 2.54. The predicted octanol–water partition coefficient (Wildman–Crippen LogP) is 5.04. The van der Waals surface area contributed by atoms with E-state index in [1.54, 1.807) is 23.2 Å². The van der Waals surface area contributed by atoms with Gasteiger partial charge in [0, 0.05) is 18.4 Å². The highest BCUT2D eigenvalue weighted by Crippen LogP contribution is 2.38. The van der Waals surface area contributed by atoms with Crippen LogP contribution in [0.25, 0.3) is 6.08 Å². The van der Waals surface area contributed by atoms with Gasteiger partial charge in [-0.1, -0.05) is 31.5 Å². The van der Waals surface area contributed by atoms with Crippen molar-refractivity contribution in [2.24, 2.45) is 0 Å². The number of anilines is 1. The van der Waals surface area contributed by atoms with Crippen molar-refractivity contribution in [3.63, 3.8) is 0 Å². The number of fused-ring (bicyclic) bond motifs is 1. The first-order chi connectivity index (χ1) is 11.0. The molecule has 1 aromatic heterocycles. The van der Waals surface area contributed by atoms with E-state index in [9.17, 15) is 13.2 Å². The maximum atomic E-state index is 13.2. The Morgan fingerprint density at radius 1 is 1.13 bits per heavy atom. The van der Waals surface area contributed by atoms with Gasteiger partial charge < -0.3 is 4.90 Å². The molecule has 5 heteroatoms. The minimum absolute atomic E-state index is 0.166. The number of aryl methyl sites for hydroxylation is 1. The van der Waals surface area contributed by atoms with E-state index in [1.165, 1.54) is 12.1 Å². The van der Waals surface area contributed by atoms with Crippen LogP contribution in [0.2, 0.25) is 0 Å². The van der Waals surface area contributed by atoms with E-state index < -0.39 is 11.7 Å². The van der Waals surface area contributed by atoms with Gasteiger partial charge in [-0.3, -0.25) is 4.98 Å². The molecule has 0 saturated carbocycles. The molecule has 0 atom stereocenters. The molecule has 23 heavy (non-hydrogen) atoms. The van der Waals surface area contributed by atoms with Crippen LogP contribution >= 0.6 is 0 Å². The van der Waals surface area contributed by atoms with Crippen LogP contribution in [0.3, 0.4) is 0 Å². The van der Waals surface area contributed by atoms with Crippen LogP contribution in [0.4, 0.5) is 18.9 Å². The standard InChI is InChI=1S/C18H17F3N2/c1-2-5-14-9-8-13-12-23(11-10-16(13)22-14)17-7-4-3-6-15(17)18(19,20)21/h3-4,6-11H,2,5,12H2,1H3. The van der Waals surface area contributed by atoms with E-state index in [4.69, 9.17) is 0 Å². The molecule has 0 radical (unpaired) electrons. The smallest absolute Gasteiger partial charge is 0.343 e. The molecule has 1 aliphatic rings. The molecule has 1 aromatic carbocycles. The summed E-state index contributed by atoms with van der Waals surface area (Å²) < 4.78 is 39.5. The SMILES string of the molecule is CCCc1ccc2c(n1)C=CN(c1ccccc1C(F)(F)F)C2. The normalized spacial score (nSPS) is 14.0. The zero-order chi connectivity index (χ0) is 16.4. The van der Waals surface area contributed by atoms with Crippen LogP contribution in [0, 0.1) is 0 Å². The number of rotatable bonds is 3. The van der Waals surface area contributed by atoms with E-state index in [-0.39, 0.29) is 5.69 Å². The molecule has 0 spiro atoms. The Morgan fingerprint density at radius 2 is 1.91 bits per heavy atom. The lowest BCUT2D eigenvalue weighted by Crippen LogP contribution is -2.23. The van der Waals surface area contributed by atoms with Gasteiger partial charge in [-0.2, -0.15) is 13.2 Å². The van der Waals surface area contributed by atoms with Crippen molar-refractivity contribution in [3.05, 3.63) is 65.1 Å². The predicted molar refractivity (Wildman–Crippen MR) is 84.9 cm³/mol. The molecule has 0 fully saturated rings. The summed E-state index contributed by atoms with van der Waals surface area (Å²) in [6, 6.07) is 9.55. The summed E-state index contributed by atoms with van der Waals surface area (Å²) >= 11 is 0. The van der Waals surface area contributed by atoms with Crippen molar-refractivity contribution < 1.29 is 13.2 Å². The van der Waals surface area contributed by atoms with Crippen molar-refractivity contribution in [3.8, 4) is 0 Å². The van der Waals surface area contributed by atoms with E-state index >= 15 is 0 Å². The van der Waals surface area contributed by atoms with Gasteiger partial charge in [-0.25, -0.2) is 0 Å². The summed E-state index contributed by atoms with van der Waals surface area (Å²) in [5.41, 5.74) is 2.34. The number of hydrogen-bond acceptors (Lipinski definition) is 2. The molecule has 2 aromatic rings. The largest absolute Gasteiger partial charge is 0.418 e. The summed E-state index contributed by atoms with van der Waals surface area (Å²) in [6.07, 6.45) is 1.01. The number of aromatic nitrogens is 1. The number of hydrogen-bond donors (Lipinski definition) is 0. The zero-order valence-corrected chi connectivity index (χ0v) is 12.8. The van der Waals surface area contributed by atoms with Crippen LogP contribution in [-0.2, 0) is 19.1 Å². The second-order valence-electron chi connectivity index (χ2n) is 5.56. The summed E-state index contributed by atoms with van der Waals surface area (Å²) in [6.45, 7) is 2.48. The number of alkyl halides is 3. The Kier molecular flexibility index (Phi) is 4.11. The third-order valence-corrected chi connectivity index (χ3v) is 3.85. The van der Waals surface area contributed by atoms with Gasteiger partial charge in [0.15, 0.2) is 0 Å². The Labute approximate surface area is 133 Å². The van der Waals surface area contributed by atoms with Gasteiger partial charge in [0.05, 0.1) is 16.9 Å². The fourth-order valence-electron chi connectivity index (χ4n) is 2.75. The first-order valence-electron chi connectivity index (χ1n) is 7.59. The maximum absolute atomic E-state index is 13.2. The lowest BCUT2D eigenvalue weighted by molar-refractivity contribution is -0.137. The third-order valence-electron chi connectivity index (χ3n) is 3.85. The highest BCUT2D eigenvalue weighted by molar-refractivity contribution is 5.65. The summed E-state index contributed by atoms with van der Waals surface area (Å²) in [7, 11) is 0. The number of pyridine rings is 1. The fourth-order valence-corrected chi connectivity index (χ4v) is 2.75. The number of halogens is 3.